The molecule has 104 valence electrons. The number of rotatable bonds is 4. The minimum Gasteiger partial charge on any atom is -0.493 e. The predicted octanol–water partition coefficient (Wildman–Crippen LogP) is 3.03. The number of carboxylic acid groups (broad SMARTS) is 1. The van der Waals surface area contributed by atoms with Crippen molar-refractivity contribution in [2.75, 3.05) is 7.11 Å². The maximum absolute atomic E-state index is 13.0. The summed E-state index contributed by atoms with van der Waals surface area (Å²) in [7, 11) is 1.47. The molecule has 1 N–H and O–H groups in total. The smallest absolute Gasteiger partial charge is 0.341 e. The zero-order valence-corrected chi connectivity index (χ0v) is 10.9. The van der Waals surface area contributed by atoms with E-state index >= 15 is 0 Å². The molecule has 0 fully saturated rings. The highest BCUT2D eigenvalue weighted by Crippen LogP contribution is 2.32. The number of hydrogen-bond donors (Lipinski definition) is 1. The van der Waals surface area contributed by atoms with Crippen LogP contribution in [0.5, 0.6) is 17.4 Å². The minimum atomic E-state index is -1.32. The third kappa shape index (κ3) is 2.85. The van der Waals surface area contributed by atoms with Crippen molar-refractivity contribution >= 4 is 5.97 Å². The Hall–Kier alpha value is -2.63. The summed E-state index contributed by atoms with van der Waals surface area (Å²) < 4.78 is 23.6. The summed E-state index contributed by atoms with van der Waals surface area (Å²) >= 11 is 0. The summed E-state index contributed by atoms with van der Waals surface area (Å²) in [5, 5.41) is 9.02. The SMILES string of the molecule is COc1cc(C)ccc1Oc1ncc(F)cc1C(=O)O. The van der Waals surface area contributed by atoms with Gasteiger partial charge >= 0.3 is 5.97 Å². The first-order chi connectivity index (χ1) is 9.51. The minimum absolute atomic E-state index is 0.193. The van der Waals surface area contributed by atoms with E-state index < -0.39 is 11.8 Å². The van der Waals surface area contributed by atoms with Crippen molar-refractivity contribution in [3.05, 3.63) is 47.4 Å². The number of benzene rings is 1. The molecule has 1 aromatic carbocycles. The largest absolute Gasteiger partial charge is 0.493 e. The molecule has 0 saturated heterocycles. The van der Waals surface area contributed by atoms with Crippen molar-refractivity contribution in [2.24, 2.45) is 0 Å². The summed E-state index contributed by atoms with van der Waals surface area (Å²) in [5.74, 6) is -1.52. The quantitative estimate of drug-likeness (QED) is 0.930. The van der Waals surface area contributed by atoms with Gasteiger partial charge in [0.2, 0.25) is 5.88 Å². The van der Waals surface area contributed by atoms with E-state index in [9.17, 15) is 9.18 Å². The van der Waals surface area contributed by atoms with Crippen LogP contribution >= 0.6 is 0 Å². The molecule has 0 saturated carbocycles. The lowest BCUT2D eigenvalue weighted by molar-refractivity contribution is 0.0692. The lowest BCUT2D eigenvalue weighted by Crippen LogP contribution is -2.03. The molecule has 2 rings (SSSR count). The van der Waals surface area contributed by atoms with Crippen LogP contribution in [0.25, 0.3) is 0 Å². The normalized spacial score (nSPS) is 10.2. The third-order valence-corrected chi connectivity index (χ3v) is 2.57. The third-order valence-electron chi connectivity index (χ3n) is 2.57. The fourth-order valence-corrected chi connectivity index (χ4v) is 1.62. The van der Waals surface area contributed by atoms with Crippen LogP contribution < -0.4 is 9.47 Å². The first-order valence-corrected chi connectivity index (χ1v) is 5.72. The van der Waals surface area contributed by atoms with Crippen LogP contribution in [-0.4, -0.2) is 23.2 Å². The van der Waals surface area contributed by atoms with Crippen molar-refractivity contribution < 1.29 is 23.8 Å². The number of carboxylic acids is 1. The van der Waals surface area contributed by atoms with Crippen LogP contribution in [-0.2, 0) is 0 Å². The zero-order chi connectivity index (χ0) is 14.7. The molecular weight excluding hydrogens is 265 g/mol. The Balaban J connectivity index is 2.42. The summed E-state index contributed by atoms with van der Waals surface area (Å²) in [4.78, 5) is 14.7. The molecule has 6 heteroatoms. The first kappa shape index (κ1) is 13.8. The van der Waals surface area contributed by atoms with E-state index in [1.165, 1.54) is 7.11 Å². The Bertz CT molecular complexity index is 658. The van der Waals surface area contributed by atoms with Gasteiger partial charge in [-0.2, -0.15) is 0 Å². The molecule has 0 radical (unpaired) electrons. The maximum atomic E-state index is 13.0. The van der Waals surface area contributed by atoms with Crippen molar-refractivity contribution in [3.8, 4) is 17.4 Å². The molecule has 0 atom stereocenters. The Kier molecular flexibility index (Phi) is 3.84. The molecule has 2 aromatic rings. The average Bonchev–Trinajstić information content (AvgIpc) is 2.42. The molecule has 0 aliphatic rings. The summed E-state index contributed by atoms with van der Waals surface area (Å²) in [5.41, 5.74) is 0.604. The Labute approximate surface area is 114 Å². The van der Waals surface area contributed by atoms with Crippen LogP contribution in [0.15, 0.2) is 30.5 Å². The number of aromatic nitrogens is 1. The maximum Gasteiger partial charge on any atom is 0.341 e. The molecular formula is C14H12FNO4. The molecule has 0 bridgehead atoms. The molecule has 0 amide bonds. The number of ether oxygens (including phenoxy) is 2. The van der Waals surface area contributed by atoms with E-state index in [2.05, 4.69) is 4.98 Å². The molecule has 0 aliphatic heterocycles. The summed E-state index contributed by atoms with van der Waals surface area (Å²) in [6.07, 6.45) is 0.891. The van der Waals surface area contributed by atoms with Crippen LogP contribution in [0.3, 0.4) is 0 Å². The van der Waals surface area contributed by atoms with Crippen molar-refractivity contribution in [1.82, 2.24) is 4.98 Å². The number of halogens is 1. The first-order valence-electron chi connectivity index (χ1n) is 5.72. The molecule has 0 spiro atoms. The summed E-state index contributed by atoms with van der Waals surface area (Å²) in [6.45, 7) is 1.88. The van der Waals surface area contributed by atoms with Crippen LogP contribution in [0.2, 0.25) is 0 Å². The van der Waals surface area contributed by atoms with Crippen LogP contribution in [0, 0.1) is 12.7 Å². The zero-order valence-electron chi connectivity index (χ0n) is 10.9. The molecule has 1 aromatic heterocycles. The van der Waals surface area contributed by atoms with Gasteiger partial charge in [-0.1, -0.05) is 6.07 Å². The van der Waals surface area contributed by atoms with E-state index in [4.69, 9.17) is 14.6 Å². The molecule has 20 heavy (non-hydrogen) atoms. The van der Waals surface area contributed by atoms with E-state index in [0.717, 1.165) is 17.8 Å². The van der Waals surface area contributed by atoms with Gasteiger partial charge in [-0.15, -0.1) is 0 Å². The van der Waals surface area contributed by atoms with Crippen molar-refractivity contribution in [3.63, 3.8) is 0 Å². The number of nitrogens with zero attached hydrogens (tertiary/aromatic N) is 1. The van der Waals surface area contributed by atoms with E-state index in [-0.39, 0.29) is 11.4 Å². The predicted molar refractivity (Wildman–Crippen MR) is 69.0 cm³/mol. The number of aryl methyl sites for hydroxylation is 1. The summed E-state index contributed by atoms with van der Waals surface area (Å²) in [6, 6.07) is 6.00. The van der Waals surface area contributed by atoms with Crippen molar-refractivity contribution in [1.29, 1.82) is 0 Å². The average molecular weight is 277 g/mol. The van der Waals surface area contributed by atoms with Gasteiger partial charge in [0.15, 0.2) is 11.5 Å². The van der Waals surface area contributed by atoms with E-state index in [1.807, 2.05) is 6.92 Å². The van der Waals surface area contributed by atoms with Gasteiger partial charge in [-0.3, -0.25) is 0 Å². The second-order valence-electron chi connectivity index (χ2n) is 4.07. The number of pyridine rings is 1. The van der Waals surface area contributed by atoms with Crippen LogP contribution in [0.4, 0.5) is 4.39 Å². The lowest BCUT2D eigenvalue weighted by Gasteiger charge is -2.11. The van der Waals surface area contributed by atoms with E-state index in [0.29, 0.717) is 11.5 Å². The van der Waals surface area contributed by atoms with Crippen LogP contribution in [0.1, 0.15) is 15.9 Å². The number of aromatic carboxylic acids is 1. The number of carbonyl (C=O) groups is 1. The molecule has 1 heterocycles. The second-order valence-corrected chi connectivity index (χ2v) is 4.07. The van der Waals surface area contributed by atoms with Gasteiger partial charge < -0.3 is 14.6 Å². The Morgan fingerprint density at radius 3 is 2.70 bits per heavy atom. The fraction of sp³-hybridized carbons (Fsp3) is 0.143. The second kappa shape index (κ2) is 5.56. The Morgan fingerprint density at radius 1 is 1.30 bits per heavy atom. The van der Waals surface area contributed by atoms with Gasteiger partial charge in [-0.25, -0.2) is 14.2 Å². The fourth-order valence-electron chi connectivity index (χ4n) is 1.62. The molecule has 0 aliphatic carbocycles. The molecule has 0 unspecified atom stereocenters. The highest BCUT2D eigenvalue weighted by molar-refractivity contribution is 5.90. The number of hydrogen-bond acceptors (Lipinski definition) is 4. The molecule has 5 nitrogen and oxygen atoms in total. The van der Waals surface area contributed by atoms with Gasteiger partial charge in [0, 0.05) is 0 Å². The standard InChI is InChI=1S/C14H12FNO4/c1-8-3-4-11(12(5-8)19-2)20-13-10(14(17)18)6-9(15)7-16-13/h3-7H,1-2H3,(H,17,18). The monoisotopic (exact) mass is 277 g/mol. The highest BCUT2D eigenvalue weighted by Gasteiger charge is 2.16. The van der Waals surface area contributed by atoms with Gasteiger partial charge in [0.05, 0.1) is 13.3 Å². The lowest BCUT2D eigenvalue weighted by atomic mass is 10.2. The number of methoxy groups -OCH3 is 1. The van der Waals surface area contributed by atoms with Gasteiger partial charge in [0.1, 0.15) is 11.4 Å². The van der Waals surface area contributed by atoms with E-state index in [1.54, 1.807) is 18.2 Å². The van der Waals surface area contributed by atoms with Crippen molar-refractivity contribution in [2.45, 2.75) is 6.92 Å². The highest BCUT2D eigenvalue weighted by atomic mass is 19.1. The van der Waals surface area contributed by atoms with Gasteiger partial charge in [-0.05, 0) is 30.7 Å². The topological polar surface area (TPSA) is 68.7 Å². The Morgan fingerprint density at radius 2 is 2.05 bits per heavy atom. The van der Waals surface area contributed by atoms with Gasteiger partial charge in [0.25, 0.3) is 0 Å².